The van der Waals surface area contributed by atoms with E-state index in [1.165, 1.54) is 25.7 Å². The van der Waals surface area contributed by atoms with Gasteiger partial charge in [-0.3, -0.25) is 0 Å². The molecule has 1 atom stereocenters. The first kappa shape index (κ1) is 12.4. The second-order valence-electron chi connectivity index (χ2n) is 4.05. The van der Waals surface area contributed by atoms with Crippen LogP contribution >= 0.6 is 34.2 Å². The fourth-order valence-corrected chi connectivity index (χ4v) is 3.06. The molecule has 1 fully saturated rings. The van der Waals surface area contributed by atoms with E-state index in [-0.39, 0.29) is 0 Å². The Kier molecular flexibility index (Phi) is 4.64. The van der Waals surface area contributed by atoms with E-state index in [1.54, 1.807) is 6.33 Å². The number of alkyl halides is 1. The zero-order chi connectivity index (χ0) is 11.4. The van der Waals surface area contributed by atoms with Gasteiger partial charge in [-0.2, -0.15) is 0 Å². The molecule has 5 heteroatoms. The molecular formula is C11H15ClIN3. The molecule has 3 nitrogen and oxygen atoms in total. The van der Waals surface area contributed by atoms with Crippen LogP contribution in [0.25, 0.3) is 0 Å². The summed E-state index contributed by atoms with van der Waals surface area (Å²) in [5.74, 6) is 1.73. The Labute approximate surface area is 115 Å². The van der Waals surface area contributed by atoms with Gasteiger partial charge in [0.15, 0.2) is 0 Å². The van der Waals surface area contributed by atoms with Crippen LogP contribution < -0.4 is 4.90 Å². The molecule has 0 saturated carbocycles. The van der Waals surface area contributed by atoms with Crippen molar-refractivity contribution in [1.29, 1.82) is 0 Å². The Bertz CT molecular complexity index is 348. The molecule has 0 N–H and O–H groups in total. The minimum absolute atomic E-state index is 0.424. The van der Waals surface area contributed by atoms with Gasteiger partial charge in [0.25, 0.3) is 0 Å². The van der Waals surface area contributed by atoms with E-state index in [2.05, 4.69) is 37.5 Å². The van der Waals surface area contributed by atoms with Gasteiger partial charge >= 0.3 is 0 Å². The summed E-state index contributed by atoms with van der Waals surface area (Å²) in [6, 6.07) is 0.424. The number of rotatable bonds is 2. The van der Waals surface area contributed by atoms with E-state index >= 15 is 0 Å². The Morgan fingerprint density at radius 3 is 3.06 bits per heavy atom. The van der Waals surface area contributed by atoms with Crippen LogP contribution in [0.4, 0.5) is 5.82 Å². The van der Waals surface area contributed by atoms with Crippen LogP contribution in [0, 0.1) is 3.57 Å². The van der Waals surface area contributed by atoms with E-state index in [9.17, 15) is 0 Å². The molecule has 1 aliphatic heterocycles. The molecule has 16 heavy (non-hydrogen) atoms. The fourth-order valence-electron chi connectivity index (χ4n) is 2.13. The Morgan fingerprint density at radius 2 is 2.31 bits per heavy atom. The number of anilines is 1. The monoisotopic (exact) mass is 351 g/mol. The lowest BCUT2D eigenvalue weighted by Crippen LogP contribution is -2.37. The Hall–Kier alpha value is -0.100. The molecule has 1 aromatic heterocycles. The van der Waals surface area contributed by atoms with Crippen molar-refractivity contribution in [3.05, 3.63) is 16.1 Å². The van der Waals surface area contributed by atoms with Gasteiger partial charge in [0, 0.05) is 24.7 Å². The molecule has 0 aromatic carbocycles. The molecule has 0 spiro atoms. The van der Waals surface area contributed by atoms with Gasteiger partial charge in [0.1, 0.15) is 12.1 Å². The van der Waals surface area contributed by atoms with Gasteiger partial charge in [0.05, 0.1) is 3.57 Å². The van der Waals surface area contributed by atoms with Crippen molar-refractivity contribution in [1.82, 2.24) is 9.97 Å². The van der Waals surface area contributed by atoms with E-state index in [0.29, 0.717) is 11.9 Å². The van der Waals surface area contributed by atoms with Gasteiger partial charge in [-0.25, -0.2) is 9.97 Å². The van der Waals surface area contributed by atoms with Gasteiger partial charge in [0.2, 0.25) is 0 Å². The third-order valence-electron chi connectivity index (χ3n) is 2.98. The van der Waals surface area contributed by atoms with E-state index < -0.39 is 0 Å². The smallest absolute Gasteiger partial charge is 0.145 e. The standard InChI is InChI=1S/C11H15ClIN3/c12-6-9-4-2-1-3-5-16(9)11-10(13)7-14-8-15-11/h7-9H,1-6H2. The highest BCUT2D eigenvalue weighted by Gasteiger charge is 2.22. The third-order valence-corrected chi connectivity index (χ3v) is 4.09. The zero-order valence-corrected chi connectivity index (χ0v) is 12.0. The summed E-state index contributed by atoms with van der Waals surface area (Å²) in [4.78, 5) is 10.8. The van der Waals surface area contributed by atoms with Crippen molar-refractivity contribution in [2.24, 2.45) is 0 Å². The Morgan fingerprint density at radius 1 is 1.44 bits per heavy atom. The van der Waals surface area contributed by atoms with Gasteiger partial charge in [-0.1, -0.05) is 12.8 Å². The maximum absolute atomic E-state index is 6.06. The predicted octanol–water partition coefficient (Wildman–Crippen LogP) is 3.07. The second kappa shape index (κ2) is 6.00. The van der Waals surface area contributed by atoms with Crippen LogP contribution in [-0.4, -0.2) is 28.4 Å². The molecule has 0 bridgehead atoms. The first-order valence-corrected chi connectivity index (χ1v) is 7.22. The van der Waals surface area contributed by atoms with Crippen molar-refractivity contribution >= 4 is 40.0 Å². The number of aromatic nitrogens is 2. The summed E-state index contributed by atoms with van der Waals surface area (Å²) in [7, 11) is 0. The molecule has 2 heterocycles. The molecule has 2 rings (SSSR count). The van der Waals surface area contributed by atoms with Crippen LogP contribution in [0.1, 0.15) is 25.7 Å². The number of nitrogens with zero attached hydrogens (tertiary/aromatic N) is 3. The SMILES string of the molecule is ClCC1CCCCCN1c1ncncc1I. The molecular weight excluding hydrogens is 336 g/mol. The number of hydrogen-bond acceptors (Lipinski definition) is 3. The average Bonchev–Trinajstić information content (AvgIpc) is 2.54. The van der Waals surface area contributed by atoms with Crippen molar-refractivity contribution in [2.75, 3.05) is 17.3 Å². The first-order valence-electron chi connectivity index (χ1n) is 5.61. The first-order chi connectivity index (χ1) is 7.83. The molecule has 1 aliphatic rings. The van der Waals surface area contributed by atoms with Crippen LogP contribution in [-0.2, 0) is 0 Å². The lowest BCUT2D eigenvalue weighted by molar-refractivity contribution is 0.614. The topological polar surface area (TPSA) is 29.0 Å². The molecule has 0 amide bonds. The lowest BCUT2D eigenvalue weighted by atomic mass is 10.1. The summed E-state index contributed by atoms with van der Waals surface area (Å²) in [6.45, 7) is 1.06. The highest BCUT2D eigenvalue weighted by atomic mass is 127. The van der Waals surface area contributed by atoms with E-state index in [1.807, 2.05) is 6.20 Å². The second-order valence-corrected chi connectivity index (χ2v) is 5.52. The minimum Gasteiger partial charge on any atom is -0.351 e. The maximum atomic E-state index is 6.06. The quantitative estimate of drug-likeness (QED) is 0.606. The molecule has 1 saturated heterocycles. The van der Waals surface area contributed by atoms with E-state index in [0.717, 1.165) is 15.9 Å². The highest BCUT2D eigenvalue weighted by molar-refractivity contribution is 14.1. The molecule has 0 radical (unpaired) electrons. The zero-order valence-electron chi connectivity index (χ0n) is 9.07. The van der Waals surface area contributed by atoms with Gasteiger partial charge < -0.3 is 4.90 Å². The van der Waals surface area contributed by atoms with Gasteiger partial charge in [-0.15, -0.1) is 11.6 Å². The summed E-state index contributed by atoms with van der Waals surface area (Å²) in [6.07, 6.45) is 8.45. The summed E-state index contributed by atoms with van der Waals surface area (Å²) < 4.78 is 1.11. The third kappa shape index (κ3) is 2.77. The van der Waals surface area contributed by atoms with Crippen molar-refractivity contribution in [2.45, 2.75) is 31.7 Å². The summed E-state index contributed by atoms with van der Waals surface area (Å²) >= 11 is 8.35. The average molecular weight is 352 g/mol. The largest absolute Gasteiger partial charge is 0.351 e. The fraction of sp³-hybridized carbons (Fsp3) is 0.636. The van der Waals surface area contributed by atoms with Crippen LogP contribution in [0.3, 0.4) is 0 Å². The minimum atomic E-state index is 0.424. The van der Waals surface area contributed by atoms with Crippen LogP contribution in [0.15, 0.2) is 12.5 Å². The molecule has 88 valence electrons. The van der Waals surface area contributed by atoms with Gasteiger partial charge in [-0.05, 0) is 35.4 Å². The lowest BCUT2D eigenvalue weighted by Gasteiger charge is -2.30. The normalized spacial score (nSPS) is 21.9. The van der Waals surface area contributed by atoms with Crippen molar-refractivity contribution in [3.8, 4) is 0 Å². The van der Waals surface area contributed by atoms with Crippen LogP contribution in [0.2, 0.25) is 0 Å². The van der Waals surface area contributed by atoms with Crippen molar-refractivity contribution in [3.63, 3.8) is 0 Å². The highest BCUT2D eigenvalue weighted by Crippen LogP contribution is 2.26. The Balaban J connectivity index is 2.25. The number of halogens is 2. The van der Waals surface area contributed by atoms with Crippen LogP contribution in [0.5, 0.6) is 0 Å². The van der Waals surface area contributed by atoms with Crippen molar-refractivity contribution < 1.29 is 0 Å². The summed E-state index contributed by atoms with van der Waals surface area (Å²) in [5, 5.41) is 0. The summed E-state index contributed by atoms with van der Waals surface area (Å²) in [5.41, 5.74) is 0. The predicted molar refractivity (Wildman–Crippen MR) is 75.1 cm³/mol. The molecule has 1 aromatic rings. The van der Waals surface area contributed by atoms with E-state index in [4.69, 9.17) is 11.6 Å². The number of hydrogen-bond donors (Lipinski definition) is 0. The molecule has 0 aliphatic carbocycles. The molecule has 1 unspecified atom stereocenters. The maximum Gasteiger partial charge on any atom is 0.145 e.